The van der Waals surface area contributed by atoms with E-state index in [1.54, 1.807) is 6.07 Å². The molecule has 0 unspecified atom stereocenters. The number of hydrogen-bond donors (Lipinski definition) is 1. The number of benzene rings is 1. The van der Waals surface area contributed by atoms with E-state index in [0.717, 1.165) is 6.07 Å². The molecule has 0 fully saturated rings. The van der Waals surface area contributed by atoms with Crippen molar-refractivity contribution in [1.82, 2.24) is 5.16 Å². The number of rotatable bonds is 5. The lowest BCUT2D eigenvalue weighted by atomic mass is 10.1. The van der Waals surface area contributed by atoms with Gasteiger partial charge in [-0.15, -0.1) is 0 Å². The van der Waals surface area contributed by atoms with Crippen LogP contribution in [0.3, 0.4) is 0 Å². The second kappa shape index (κ2) is 5.70. The van der Waals surface area contributed by atoms with Crippen LogP contribution in [0.4, 0.5) is 4.39 Å². The van der Waals surface area contributed by atoms with Crippen LogP contribution in [0.1, 0.15) is 16.1 Å². The van der Waals surface area contributed by atoms with Crippen LogP contribution in [-0.2, 0) is 11.3 Å². The minimum absolute atomic E-state index is 0.0401. The Hall–Kier alpha value is -2.41. The molecule has 0 spiro atoms. The van der Waals surface area contributed by atoms with Crippen LogP contribution in [0.2, 0.25) is 0 Å². The third kappa shape index (κ3) is 2.48. The minimum atomic E-state index is -1.28. The quantitative estimate of drug-likeness (QED) is 0.905. The van der Waals surface area contributed by atoms with Gasteiger partial charge in [-0.1, -0.05) is 11.2 Å². The highest BCUT2D eigenvalue weighted by Gasteiger charge is 2.21. The summed E-state index contributed by atoms with van der Waals surface area (Å²) >= 11 is 0. The number of nitrogens with zero attached hydrogens (tertiary/aromatic N) is 1. The van der Waals surface area contributed by atoms with Crippen molar-refractivity contribution in [2.45, 2.75) is 6.61 Å². The van der Waals surface area contributed by atoms with E-state index in [1.165, 1.54) is 20.3 Å². The van der Waals surface area contributed by atoms with Gasteiger partial charge in [-0.2, -0.15) is 0 Å². The number of ether oxygens (including phenoxy) is 2. The summed E-state index contributed by atoms with van der Waals surface area (Å²) in [4.78, 5) is 10.8. The zero-order valence-electron chi connectivity index (χ0n) is 10.8. The average molecular weight is 281 g/mol. The molecule has 2 aromatic rings. The summed E-state index contributed by atoms with van der Waals surface area (Å²) in [6.45, 7) is 0.0759. The average Bonchev–Trinajstić information content (AvgIpc) is 2.90. The Kier molecular flexibility index (Phi) is 3.99. The van der Waals surface area contributed by atoms with E-state index < -0.39 is 11.8 Å². The number of carboxylic acids is 1. The van der Waals surface area contributed by atoms with E-state index in [4.69, 9.17) is 14.6 Å². The molecule has 1 aromatic heterocycles. The molecule has 1 aromatic carbocycles. The predicted octanol–water partition coefficient (Wildman–Crippen LogP) is 2.33. The topological polar surface area (TPSA) is 81.8 Å². The van der Waals surface area contributed by atoms with Crippen LogP contribution in [0, 0.1) is 5.82 Å². The molecular weight excluding hydrogens is 269 g/mol. The van der Waals surface area contributed by atoms with Crippen molar-refractivity contribution in [2.24, 2.45) is 0 Å². The van der Waals surface area contributed by atoms with Crippen molar-refractivity contribution >= 4 is 5.97 Å². The lowest BCUT2D eigenvalue weighted by Gasteiger charge is -2.10. The maximum atomic E-state index is 14.4. The van der Waals surface area contributed by atoms with Crippen LogP contribution in [0.15, 0.2) is 22.7 Å². The Bertz CT molecular complexity index is 638. The minimum Gasteiger partial charge on any atom is -0.496 e. The first kappa shape index (κ1) is 14.0. The lowest BCUT2D eigenvalue weighted by molar-refractivity contribution is 0.0652. The SMILES string of the molecule is COCc1ccc(OC)c(-c2cc(C(=O)O)on2)c1F. The van der Waals surface area contributed by atoms with Crippen molar-refractivity contribution in [2.75, 3.05) is 14.2 Å². The summed E-state index contributed by atoms with van der Waals surface area (Å²) in [6.07, 6.45) is 0. The number of hydrogen-bond acceptors (Lipinski definition) is 5. The molecule has 2 rings (SSSR count). The molecule has 20 heavy (non-hydrogen) atoms. The highest BCUT2D eigenvalue weighted by atomic mass is 19.1. The number of methoxy groups -OCH3 is 2. The number of carboxylic acid groups (broad SMARTS) is 1. The fraction of sp³-hybridized carbons (Fsp3) is 0.231. The first-order valence-corrected chi connectivity index (χ1v) is 5.63. The van der Waals surface area contributed by atoms with Gasteiger partial charge in [-0.05, 0) is 6.07 Å². The lowest BCUT2D eigenvalue weighted by Crippen LogP contribution is -1.99. The van der Waals surface area contributed by atoms with Gasteiger partial charge in [0.15, 0.2) is 0 Å². The van der Waals surface area contributed by atoms with Gasteiger partial charge in [-0.3, -0.25) is 0 Å². The third-order valence-electron chi connectivity index (χ3n) is 2.68. The number of carbonyl (C=O) groups is 1. The Morgan fingerprint density at radius 3 is 2.75 bits per heavy atom. The van der Waals surface area contributed by atoms with E-state index in [9.17, 15) is 9.18 Å². The monoisotopic (exact) mass is 281 g/mol. The second-order valence-corrected chi connectivity index (χ2v) is 3.93. The smallest absolute Gasteiger partial charge is 0.374 e. The van der Waals surface area contributed by atoms with Crippen molar-refractivity contribution in [1.29, 1.82) is 0 Å². The zero-order valence-corrected chi connectivity index (χ0v) is 10.8. The molecule has 1 N–H and O–H groups in total. The summed E-state index contributed by atoms with van der Waals surface area (Å²) in [5.74, 6) is -2.02. The van der Waals surface area contributed by atoms with Gasteiger partial charge in [0.1, 0.15) is 17.3 Å². The molecule has 0 saturated heterocycles. The van der Waals surface area contributed by atoms with Crippen LogP contribution < -0.4 is 4.74 Å². The largest absolute Gasteiger partial charge is 0.496 e. The molecule has 1 heterocycles. The molecule has 0 radical (unpaired) electrons. The molecule has 106 valence electrons. The highest BCUT2D eigenvalue weighted by Crippen LogP contribution is 2.34. The van der Waals surface area contributed by atoms with E-state index in [1.807, 2.05) is 0 Å². The standard InChI is InChI=1S/C13H12FNO5/c1-18-6-7-3-4-9(19-2)11(12(7)14)8-5-10(13(16)17)20-15-8/h3-5H,6H2,1-2H3,(H,16,17). The Labute approximate surface area is 113 Å². The van der Waals surface area contributed by atoms with Gasteiger partial charge >= 0.3 is 5.97 Å². The molecule has 0 bridgehead atoms. The van der Waals surface area contributed by atoms with E-state index in [0.29, 0.717) is 5.56 Å². The number of halogens is 1. The van der Waals surface area contributed by atoms with Gasteiger partial charge in [-0.25, -0.2) is 9.18 Å². The summed E-state index contributed by atoms with van der Waals surface area (Å²) < 4.78 is 29.0. The van der Waals surface area contributed by atoms with Crippen molar-refractivity contribution < 1.29 is 28.3 Å². The molecule has 0 amide bonds. The van der Waals surface area contributed by atoms with Crippen molar-refractivity contribution in [3.8, 4) is 17.0 Å². The first-order chi connectivity index (χ1) is 9.58. The molecule has 0 aliphatic heterocycles. The van der Waals surface area contributed by atoms with Crippen LogP contribution in [0.25, 0.3) is 11.3 Å². The molecule has 0 saturated carbocycles. The van der Waals surface area contributed by atoms with Crippen LogP contribution in [0.5, 0.6) is 5.75 Å². The van der Waals surface area contributed by atoms with Gasteiger partial charge in [0.25, 0.3) is 0 Å². The highest BCUT2D eigenvalue weighted by molar-refractivity contribution is 5.86. The molecule has 6 nitrogen and oxygen atoms in total. The Morgan fingerprint density at radius 2 is 2.20 bits per heavy atom. The molecule has 0 aliphatic carbocycles. The number of aromatic nitrogens is 1. The maximum Gasteiger partial charge on any atom is 0.374 e. The van der Waals surface area contributed by atoms with Crippen LogP contribution >= 0.6 is 0 Å². The molecule has 0 aliphatic rings. The zero-order chi connectivity index (χ0) is 14.7. The molecule has 7 heteroatoms. The fourth-order valence-corrected chi connectivity index (χ4v) is 1.77. The van der Waals surface area contributed by atoms with E-state index >= 15 is 0 Å². The third-order valence-corrected chi connectivity index (χ3v) is 2.68. The van der Waals surface area contributed by atoms with Gasteiger partial charge in [0.2, 0.25) is 5.76 Å². The maximum absolute atomic E-state index is 14.4. The molecule has 0 atom stereocenters. The number of aromatic carboxylic acids is 1. The fourth-order valence-electron chi connectivity index (χ4n) is 1.77. The first-order valence-electron chi connectivity index (χ1n) is 5.63. The van der Waals surface area contributed by atoms with Gasteiger partial charge in [0.05, 0.1) is 19.3 Å². The van der Waals surface area contributed by atoms with Crippen molar-refractivity contribution in [3.63, 3.8) is 0 Å². The summed E-state index contributed by atoms with van der Waals surface area (Å²) in [6, 6.07) is 4.22. The van der Waals surface area contributed by atoms with E-state index in [2.05, 4.69) is 9.68 Å². The Morgan fingerprint density at radius 1 is 1.45 bits per heavy atom. The van der Waals surface area contributed by atoms with Gasteiger partial charge < -0.3 is 19.1 Å². The predicted molar refractivity (Wildman–Crippen MR) is 66.1 cm³/mol. The summed E-state index contributed by atoms with van der Waals surface area (Å²) in [7, 11) is 2.83. The van der Waals surface area contributed by atoms with Crippen LogP contribution in [-0.4, -0.2) is 30.5 Å². The van der Waals surface area contributed by atoms with Crippen molar-refractivity contribution in [3.05, 3.63) is 35.3 Å². The molecular formula is C13H12FNO5. The Balaban J connectivity index is 2.57. The summed E-state index contributed by atoms with van der Waals surface area (Å²) in [5, 5.41) is 12.4. The summed E-state index contributed by atoms with van der Waals surface area (Å²) in [5.41, 5.74) is 0.399. The van der Waals surface area contributed by atoms with E-state index in [-0.39, 0.29) is 29.4 Å². The van der Waals surface area contributed by atoms with Gasteiger partial charge in [0, 0.05) is 18.7 Å². The normalized spacial score (nSPS) is 10.6. The second-order valence-electron chi connectivity index (χ2n) is 3.93.